The minimum atomic E-state index is 0.336. The van der Waals surface area contributed by atoms with Gasteiger partial charge in [0.25, 0.3) is 0 Å². The summed E-state index contributed by atoms with van der Waals surface area (Å²) in [4.78, 5) is 16.2. The molecule has 0 amide bonds. The highest BCUT2D eigenvalue weighted by molar-refractivity contribution is 8.01. The third-order valence-electron chi connectivity index (χ3n) is 10.1. The SMILES string of the molecule is C1=CC(c2ccccc2)C2Sc3ccc4c5c(n(-c6ccc(-c7nc(-c8ccccc8)nc(-c8ccccc8)n7)cc6)c4c3C2=C1)CCC=C5. The van der Waals surface area contributed by atoms with Crippen molar-refractivity contribution in [1.82, 2.24) is 19.5 Å². The number of nitrogens with zero attached hydrogens (tertiary/aromatic N) is 4. The molecule has 0 bridgehead atoms. The van der Waals surface area contributed by atoms with Gasteiger partial charge in [-0.2, -0.15) is 0 Å². The summed E-state index contributed by atoms with van der Waals surface area (Å²) >= 11 is 2.01. The average Bonchev–Trinajstić information content (AvgIpc) is 3.75. The zero-order valence-corrected chi connectivity index (χ0v) is 28.1. The number of thioether (sulfide) groups is 1. The topological polar surface area (TPSA) is 43.6 Å². The Morgan fingerprint density at radius 3 is 1.92 bits per heavy atom. The van der Waals surface area contributed by atoms with E-state index in [1.54, 1.807) is 0 Å². The van der Waals surface area contributed by atoms with Crippen LogP contribution in [0.15, 0.2) is 157 Å². The number of aromatic nitrogens is 4. The summed E-state index contributed by atoms with van der Waals surface area (Å²) in [5, 5.41) is 1.67. The van der Waals surface area contributed by atoms with Gasteiger partial charge >= 0.3 is 0 Å². The quantitative estimate of drug-likeness (QED) is 0.184. The molecule has 0 fully saturated rings. The molecule has 1 aliphatic heterocycles. The Morgan fingerprint density at radius 1 is 0.640 bits per heavy atom. The van der Waals surface area contributed by atoms with Crippen LogP contribution < -0.4 is 0 Å². The molecule has 4 nitrogen and oxygen atoms in total. The predicted molar refractivity (Wildman–Crippen MR) is 206 cm³/mol. The van der Waals surface area contributed by atoms with Gasteiger partial charge in [0.15, 0.2) is 17.5 Å². The van der Waals surface area contributed by atoms with Crippen LogP contribution in [0.1, 0.15) is 34.7 Å². The molecule has 0 radical (unpaired) electrons. The lowest BCUT2D eigenvalue weighted by Gasteiger charge is -2.24. The molecule has 238 valence electrons. The third-order valence-corrected chi connectivity index (χ3v) is 11.5. The lowest BCUT2D eigenvalue weighted by atomic mass is 9.84. The van der Waals surface area contributed by atoms with E-state index in [1.807, 2.05) is 72.4 Å². The van der Waals surface area contributed by atoms with Gasteiger partial charge in [-0.15, -0.1) is 11.8 Å². The summed E-state index contributed by atoms with van der Waals surface area (Å²) in [5.41, 5.74) is 12.3. The molecule has 3 heterocycles. The van der Waals surface area contributed by atoms with Crippen LogP contribution in [0.4, 0.5) is 0 Å². The van der Waals surface area contributed by atoms with Crippen LogP contribution in [0.2, 0.25) is 0 Å². The monoisotopic (exact) mass is 660 g/mol. The number of benzene rings is 5. The van der Waals surface area contributed by atoms with E-state index in [4.69, 9.17) is 15.0 Å². The molecule has 2 unspecified atom stereocenters. The molecular formula is C45H32N4S. The van der Waals surface area contributed by atoms with E-state index >= 15 is 0 Å². The second-order valence-electron chi connectivity index (χ2n) is 13.0. The number of hydrogen-bond donors (Lipinski definition) is 0. The van der Waals surface area contributed by atoms with Crippen LogP contribution in [0.5, 0.6) is 0 Å². The molecule has 10 rings (SSSR count). The highest BCUT2D eigenvalue weighted by Crippen LogP contribution is 2.55. The first-order valence-electron chi connectivity index (χ1n) is 17.2. The van der Waals surface area contributed by atoms with Crippen molar-refractivity contribution in [2.75, 3.05) is 0 Å². The van der Waals surface area contributed by atoms with Crippen molar-refractivity contribution in [1.29, 1.82) is 0 Å². The molecule has 3 aliphatic rings. The van der Waals surface area contributed by atoms with Gasteiger partial charge in [0.05, 0.1) is 5.52 Å². The fraction of sp³-hybridized carbons (Fsp3) is 0.0889. The summed E-state index contributed by atoms with van der Waals surface area (Å²) in [7, 11) is 0. The summed E-state index contributed by atoms with van der Waals surface area (Å²) in [5.74, 6) is 2.34. The van der Waals surface area contributed by atoms with Crippen molar-refractivity contribution < 1.29 is 0 Å². The normalized spacial score (nSPS) is 17.3. The second-order valence-corrected chi connectivity index (χ2v) is 14.2. The fourth-order valence-corrected chi connectivity index (χ4v) is 9.25. The highest BCUT2D eigenvalue weighted by atomic mass is 32.2. The first kappa shape index (κ1) is 29.2. The van der Waals surface area contributed by atoms with E-state index in [0.29, 0.717) is 28.6 Å². The summed E-state index contributed by atoms with van der Waals surface area (Å²) in [6, 6.07) is 44.8. The van der Waals surface area contributed by atoms with Gasteiger partial charge in [-0.3, -0.25) is 0 Å². The van der Waals surface area contributed by atoms with Crippen molar-refractivity contribution in [3.05, 3.63) is 174 Å². The van der Waals surface area contributed by atoms with Gasteiger partial charge in [-0.05, 0) is 54.3 Å². The van der Waals surface area contributed by atoms with Gasteiger partial charge in [-0.1, -0.05) is 127 Å². The van der Waals surface area contributed by atoms with Crippen molar-refractivity contribution in [3.63, 3.8) is 0 Å². The van der Waals surface area contributed by atoms with E-state index in [-0.39, 0.29) is 0 Å². The summed E-state index contributed by atoms with van der Waals surface area (Å²) in [6.07, 6.45) is 13.7. The van der Waals surface area contributed by atoms with E-state index in [0.717, 1.165) is 35.2 Å². The second kappa shape index (κ2) is 12.0. The van der Waals surface area contributed by atoms with Crippen LogP contribution in [0.25, 0.3) is 62.4 Å². The van der Waals surface area contributed by atoms with Crippen LogP contribution in [-0.2, 0) is 6.42 Å². The lowest BCUT2D eigenvalue weighted by Crippen LogP contribution is -2.14. The van der Waals surface area contributed by atoms with E-state index in [9.17, 15) is 0 Å². The molecule has 0 saturated carbocycles. The first-order valence-corrected chi connectivity index (χ1v) is 18.1. The molecule has 50 heavy (non-hydrogen) atoms. The Morgan fingerprint density at radius 2 is 1.26 bits per heavy atom. The van der Waals surface area contributed by atoms with Crippen molar-refractivity contribution >= 4 is 34.3 Å². The maximum Gasteiger partial charge on any atom is 0.164 e. The molecule has 0 saturated heterocycles. The smallest absolute Gasteiger partial charge is 0.164 e. The number of allylic oxidation sites excluding steroid dienone is 4. The molecule has 2 aliphatic carbocycles. The molecule has 2 aromatic heterocycles. The molecular weight excluding hydrogens is 629 g/mol. The molecule has 0 spiro atoms. The zero-order chi connectivity index (χ0) is 33.0. The van der Waals surface area contributed by atoms with Crippen molar-refractivity contribution in [2.45, 2.75) is 28.9 Å². The molecule has 2 atom stereocenters. The van der Waals surface area contributed by atoms with Gasteiger partial charge in [-0.25, -0.2) is 15.0 Å². The van der Waals surface area contributed by atoms with E-state index < -0.39 is 0 Å². The highest BCUT2D eigenvalue weighted by Gasteiger charge is 2.38. The summed E-state index contributed by atoms with van der Waals surface area (Å²) < 4.78 is 2.54. The minimum absolute atomic E-state index is 0.336. The third kappa shape index (κ3) is 4.80. The Balaban J connectivity index is 1.11. The standard InChI is InChI=1S/C45H32N4S/c1-4-13-29(14-5-1)34-20-12-21-37-40-39(50-42(34)37)28-27-36-35-19-10-11-22-38(35)49(41(36)40)33-25-23-32(24-26-33)45-47-43(30-15-6-2-7-16-30)46-44(48-45)31-17-8-3-9-18-31/h1-10,12-21,23-28,34,42H,11,22H2. The molecule has 7 aromatic rings. The molecule has 5 aromatic carbocycles. The number of fused-ring (bicyclic) bond motifs is 7. The molecule has 5 heteroatoms. The number of hydrogen-bond acceptors (Lipinski definition) is 4. The van der Waals surface area contributed by atoms with Crippen LogP contribution >= 0.6 is 11.8 Å². The van der Waals surface area contributed by atoms with Gasteiger partial charge in [0.1, 0.15) is 0 Å². The largest absolute Gasteiger partial charge is 0.312 e. The van der Waals surface area contributed by atoms with E-state index in [1.165, 1.54) is 43.8 Å². The zero-order valence-electron chi connectivity index (χ0n) is 27.3. The predicted octanol–water partition coefficient (Wildman–Crippen LogP) is 11.0. The Kier molecular flexibility index (Phi) is 6.98. The lowest BCUT2D eigenvalue weighted by molar-refractivity contribution is 0.883. The Hall–Kier alpha value is -5.78. The van der Waals surface area contributed by atoms with Crippen LogP contribution in [0.3, 0.4) is 0 Å². The number of rotatable bonds is 5. The first-order chi connectivity index (χ1) is 24.8. The summed E-state index contributed by atoms with van der Waals surface area (Å²) in [6.45, 7) is 0. The van der Waals surface area contributed by atoms with Gasteiger partial charge in [0.2, 0.25) is 0 Å². The van der Waals surface area contributed by atoms with Gasteiger partial charge in [0, 0.05) is 60.6 Å². The van der Waals surface area contributed by atoms with Crippen LogP contribution in [0, 0.1) is 0 Å². The van der Waals surface area contributed by atoms with Crippen molar-refractivity contribution in [3.8, 4) is 39.9 Å². The average molecular weight is 661 g/mol. The Bertz CT molecular complexity index is 2440. The van der Waals surface area contributed by atoms with Crippen molar-refractivity contribution in [2.24, 2.45) is 0 Å². The fourth-order valence-electron chi connectivity index (χ4n) is 7.77. The van der Waals surface area contributed by atoms with Gasteiger partial charge < -0.3 is 4.57 Å². The van der Waals surface area contributed by atoms with E-state index in [2.05, 4.69) is 102 Å². The van der Waals surface area contributed by atoms with Crippen LogP contribution in [-0.4, -0.2) is 24.8 Å². The maximum atomic E-state index is 4.98. The molecule has 0 N–H and O–H groups in total. The Labute approximate surface area is 295 Å². The maximum absolute atomic E-state index is 4.98. The minimum Gasteiger partial charge on any atom is -0.312 e.